The Labute approximate surface area is 179 Å². The number of ketones is 2. The maximum atomic E-state index is 12.8. The first-order valence-corrected chi connectivity index (χ1v) is 9.60. The van der Waals surface area contributed by atoms with E-state index in [1.165, 1.54) is 6.08 Å². The van der Waals surface area contributed by atoms with Crippen molar-refractivity contribution in [1.82, 2.24) is 0 Å². The number of anilines is 1. The summed E-state index contributed by atoms with van der Waals surface area (Å²) in [6.07, 6.45) is 3.06. The summed E-state index contributed by atoms with van der Waals surface area (Å²) in [6.45, 7) is 0.165. The summed E-state index contributed by atoms with van der Waals surface area (Å²) in [5, 5.41) is 2.73. The number of ether oxygens (including phenoxy) is 2. The second-order valence-electron chi connectivity index (χ2n) is 6.91. The smallest absolute Gasteiger partial charge is 0.248 e. The normalized spacial score (nSPS) is 12.4. The van der Waals surface area contributed by atoms with Gasteiger partial charge in [-0.1, -0.05) is 36.4 Å². The first-order valence-electron chi connectivity index (χ1n) is 9.60. The summed E-state index contributed by atoms with van der Waals surface area (Å²) in [4.78, 5) is 37.8. The number of amides is 1. The Morgan fingerprint density at radius 3 is 2.19 bits per heavy atom. The molecule has 0 saturated heterocycles. The lowest BCUT2D eigenvalue weighted by Gasteiger charge is -2.18. The van der Waals surface area contributed by atoms with E-state index < -0.39 is 0 Å². The van der Waals surface area contributed by atoms with E-state index in [-0.39, 0.29) is 29.8 Å². The van der Waals surface area contributed by atoms with Gasteiger partial charge in [-0.15, -0.1) is 0 Å². The molecule has 6 heteroatoms. The number of methoxy groups -OCH3 is 1. The molecule has 4 rings (SSSR count). The highest BCUT2D eigenvalue weighted by atomic mass is 16.7. The molecular weight excluding hydrogens is 394 g/mol. The largest absolute Gasteiger partial charge is 0.468 e. The van der Waals surface area contributed by atoms with E-state index in [1.807, 2.05) is 12.1 Å². The van der Waals surface area contributed by atoms with E-state index in [1.54, 1.807) is 67.8 Å². The van der Waals surface area contributed by atoms with E-state index >= 15 is 0 Å². The van der Waals surface area contributed by atoms with E-state index in [9.17, 15) is 14.4 Å². The number of fused-ring (bicyclic) bond motifs is 2. The zero-order valence-electron chi connectivity index (χ0n) is 16.8. The Bertz CT molecular complexity index is 1190. The highest BCUT2D eigenvalue weighted by Gasteiger charge is 2.29. The summed E-state index contributed by atoms with van der Waals surface area (Å²) in [5.41, 5.74) is 2.67. The molecule has 0 aliphatic heterocycles. The molecule has 1 amide bonds. The van der Waals surface area contributed by atoms with Gasteiger partial charge in [0.15, 0.2) is 18.4 Å². The Kier molecular flexibility index (Phi) is 5.73. The van der Waals surface area contributed by atoms with Gasteiger partial charge in [-0.3, -0.25) is 14.4 Å². The van der Waals surface area contributed by atoms with Crippen LogP contribution >= 0.6 is 0 Å². The summed E-state index contributed by atoms with van der Waals surface area (Å²) in [7, 11) is 1.55. The highest BCUT2D eigenvalue weighted by molar-refractivity contribution is 6.28. The summed E-state index contributed by atoms with van der Waals surface area (Å²) in [6, 6.07) is 18.7. The number of hydrogen-bond donors (Lipinski definition) is 1. The topological polar surface area (TPSA) is 81.7 Å². The van der Waals surface area contributed by atoms with Crippen molar-refractivity contribution in [1.29, 1.82) is 0 Å². The molecule has 1 aliphatic rings. The second-order valence-corrected chi connectivity index (χ2v) is 6.91. The molecule has 1 aliphatic carbocycles. The predicted molar refractivity (Wildman–Crippen MR) is 116 cm³/mol. The molecule has 0 bridgehead atoms. The van der Waals surface area contributed by atoms with Gasteiger partial charge in [-0.05, 0) is 42.0 Å². The van der Waals surface area contributed by atoms with Crippen LogP contribution in [0.4, 0.5) is 5.69 Å². The fourth-order valence-electron chi connectivity index (χ4n) is 3.34. The number of nitrogens with one attached hydrogen (secondary N) is 1. The molecule has 0 fully saturated rings. The van der Waals surface area contributed by atoms with Crippen LogP contribution in [0.1, 0.15) is 37.4 Å². The summed E-state index contributed by atoms with van der Waals surface area (Å²) in [5.74, 6) is -0.110. The lowest BCUT2D eigenvalue weighted by Crippen LogP contribution is -2.21. The fourth-order valence-corrected chi connectivity index (χ4v) is 3.34. The van der Waals surface area contributed by atoms with Crippen LogP contribution in [0, 0.1) is 0 Å². The quantitative estimate of drug-likeness (QED) is 0.380. The summed E-state index contributed by atoms with van der Waals surface area (Å²) >= 11 is 0. The van der Waals surface area contributed by atoms with Crippen LogP contribution < -0.4 is 10.1 Å². The molecule has 3 aromatic rings. The third-order valence-electron chi connectivity index (χ3n) is 4.84. The van der Waals surface area contributed by atoms with Crippen molar-refractivity contribution < 1.29 is 23.9 Å². The lowest BCUT2D eigenvalue weighted by atomic mass is 9.84. The minimum absolute atomic E-state index is 0.165. The average Bonchev–Trinajstić information content (AvgIpc) is 2.80. The maximum Gasteiger partial charge on any atom is 0.248 e. The maximum absolute atomic E-state index is 12.8. The Balaban J connectivity index is 1.46. The van der Waals surface area contributed by atoms with Crippen LogP contribution in [0.15, 0.2) is 72.8 Å². The van der Waals surface area contributed by atoms with Crippen molar-refractivity contribution in [2.45, 2.75) is 0 Å². The van der Waals surface area contributed by atoms with Gasteiger partial charge in [0.25, 0.3) is 0 Å². The molecule has 31 heavy (non-hydrogen) atoms. The van der Waals surface area contributed by atoms with Gasteiger partial charge in [0.1, 0.15) is 5.75 Å². The van der Waals surface area contributed by atoms with Gasteiger partial charge in [0.05, 0.1) is 0 Å². The standard InChI is InChI=1S/C25H19NO5/c1-30-15-31-18-10-6-16(7-11-18)8-13-23(27)26-17-9-12-21-22(14-17)25(29)20-5-3-2-4-19(20)24(21)28/h2-14H,15H2,1H3,(H,26,27)/b13-8+. The minimum atomic E-state index is -0.352. The third kappa shape index (κ3) is 4.29. The first kappa shape index (κ1) is 20.3. The Morgan fingerprint density at radius 2 is 1.52 bits per heavy atom. The van der Waals surface area contributed by atoms with Gasteiger partial charge in [-0.25, -0.2) is 0 Å². The van der Waals surface area contributed by atoms with Gasteiger partial charge < -0.3 is 14.8 Å². The van der Waals surface area contributed by atoms with Crippen molar-refractivity contribution in [3.63, 3.8) is 0 Å². The number of carbonyl (C=O) groups is 3. The van der Waals surface area contributed by atoms with E-state index in [0.717, 1.165) is 5.56 Å². The minimum Gasteiger partial charge on any atom is -0.468 e. The predicted octanol–water partition coefficient (Wildman–Crippen LogP) is 4.10. The lowest BCUT2D eigenvalue weighted by molar-refractivity contribution is -0.111. The number of hydrogen-bond acceptors (Lipinski definition) is 5. The molecule has 0 aromatic heterocycles. The van der Waals surface area contributed by atoms with Crippen molar-refractivity contribution in [2.75, 3.05) is 19.2 Å². The molecule has 0 saturated carbocycles. The number of carbonyl (C=O) groups excluding carboxylic acids is 3. The molecule has 0 atom stereocenters. The van der Waals surface area contributed by atoms with Gasteiger partial charge in [-0.2, -0.15) is 0 Å². The molecule has 3 aromatic carbocycles. The van der Waals surface area contributed by atoms with Gasteiger partial charge in [0.2, 0.25) is 5.91 Å². The molecule has 0 unspecified atom stereocenters. The third-order valence-corrected chi connectivity index (χ3v) is 4.84. The molecule has 0 heterocycles. The van der Waals surface area contributed by atoms with Gasteiger partial charge in [0, 0.05) is 41.1 Å². The molecule has 0 radical (unpaired) electrons. The van der Waals surface area contributed by atoms with Crippen LogP contribution in [-0.4, -0.2) is 31.4 Å². The highest BCUT2D eigenvalue weighted by Crippen LogP contribution is 2.29. The van der Waals surface area contributed by atoms with Crippen molar-refractivity contribution in [3.05, 3.63) is 101 Å². The fraction of sp³-hybridized carbons (Fsp3) is 0.0800. The Morgan fingerprint density at radius 1 is 0.871 bits per heavy atom. The molecular formula is C25H19NO5. The van der Waals surface area contributed by atoms with E-state index in [2.05, 4.69) is 5.32 Å². The molecule has 1 N–H and O–H groups in total. The van der Waals surface area contributed by atoms with Crippen molar-refractivity contribution in [3.8, 4) is 5.75 Å². The second kappa shape index (κ2) is 8.77. The molecule has 0 spiro atoms. The average molecular weight is 413 g/mol. The molecule has 6 nitrogen and oxygen atoms in total. The van der Waals surface area contributed by atoms with Crippen molar-refractivity contribution >= 4 is 29.2 Å². The van der Waals surface area contributed by atoms with E-state index in [0.29, 0.717) is 28.1 Å². The van der Waals surface area contributed by atoms with Crippen LogP contribution in [0.3, 0.4) is 0 Å². The zero-order chi connectivity index (χ0) is 21.8. The first-order chi connectivity index (χ1) is 15.1. The zero-order valence-corrected chi connectivity index (χ0v) is 16.8. The summed E-state index contributed by atoms with van der Waals surface area (Å²) < 4.78 is 10.2. The van der Waals surface area contributed by atoms with Crippen LogP contribution in [0.5, 0.6) is 5.75 Å². The monoisotopic (exact) mass is 413 g/mol. The van der Waals surface area contributed by atoms with Crippen LogP contribution in [-0.2, 0) is 9.53 Å². The van der Waals surface area contributed by atoms with Gasteiger partial charge >= 0.3 is 0 Å². The molecule has 154 valence electrons. The van der Waals surface area contributed by atoms with Crippen molar-refractivity contribution in [2.24, 2.45) is 0 Å². The van der Waals surface area contributed by atoms with Crippen LogP contribution in [0.25, 0.3) is 6.08 Å². The number of benzene rings is 3. The van der Waals surface area contributed by atoms with E-state index in [4.69, 9.17) is 9.47 Å². The van der Waals surface area contributed by atoms with Crippen LogP contribution in [0.2, 0.25) is 0 Å². The SMILES string of the molecule is COCOc1ccc(/C=C/C(=O)Nc2ccc3c(c2)C(=O)c2ccccc2C3=O)cc1. The Hall–Kier alpha value is -4.03. The number of rotatable bonds is 6.